The van der Waals surface area contributed by atoms with E-state index in [9.17, 15) is 5.11 Å². The largest absolute Gasteiger partial charge is 0.497 e. The smallest absolute Gasteiger partial charge is 0.137 e. The Morgan fingerprint density at radius 3 is 2.09 bits per heavy atom. The normalized spacial score (nSPS) is 11.7. The quantitative estimate of drug-likeness (QED) is 0.750. The van der Waals surface area contributed by atoms with Crippen molar-refractivity contribution >= 4 is 0 Å². The number of para-hydroxylation sites is 1. The van der Waals surface area contributed by atoms with E-state index < -0.39 is 6.10 Å². The lowest BCUT2D eigenvalue weighted by molar-refractivity contribution is 0.216. The second-order valence-electron chi connectivity index (χ2n) is 5.13. The minimum absolute atomic E-state index is 0.576. The fourth-order valence-electron chi connectivity index (χ4n) is 2.39. The van der Waals surface area contributed by atoms with Crippen LogP contribution in [-0.4, -0.2) is 12.2 Å². The molecule has 0 saturated heterocycles. The molecule has 3 aromatic carbocycles. The van der Waals surface area contributed by atoms with Crippen molar-refractivity contribution in [2.24, 2.45) is 0 Å². The van der Waals surface area contributed by atoms with E-state index in [2.05, 4.69) is 0 Å². The molecule has 3 heteroatoms. The van der Waals surface area contributed by atoms with E-state index in [1.165, 1.54) is 0 Å². The predicted molar refractivity (Wildman–Crippen MR) is 90.0 cm³/mol. The van der Waals surface area contributed by atoms with E-state index >= 15 is 0 Å². The Hall–Kier alpha value is -2.78. The summed E-state index contributed by atoms with van der Waals surface area (Å²) in [5.74, 6) is 1.97. The highest BCUT2D eigenvalue weighted by atomic mass is 16.5. The van der Waals surface area contributed by atoms with Crippen LogP contribution in [-0.2, 0) is 0 Å². The molecule has 23 heavy (non-hydrogen) atoms. The van der Waals surface area contributed by atoms with Crippen molar-refractivity contribution < 1.29 is 14.6 Å². The zero-order valence-corrected chi connectivity index (χ0v) is 12.8. The Bertz CT molecular complexity index is 754. The SMILES string of the molecule is COc1ccc(C(O)c2ccccc2)c(Oc2ccccc2)c1. The Morgan fingerprint density at radius 1 is 0.783 bits per heavy atom. The lowest BCUT2D eigenvalue weighted by Gasteiger charge is -2.17. The minimum atomic E-state index is -0.763. The molecule has 0 spiro atoms. The number of aliphatic hydroxyl groups excluding tert-OH is 1. The van der Waals surface area contributed by atoms with Gasteiger partial charge < -0.3 is 14.6 Å². The molecule has 0 fully saturated rings. The van der Waals surface area contributed by atoms with Crippen LogP contribution < -0.4 is 9.47 Å². The van der Waals surface area contributed by atoms with Crippen molar-refractivity contribution in [3.8, 4) is 17.2 Å². The summed E-state index contributed by atoms with van der Waals surface area (Å²) in [4.78, 5) is 0. The molecule has 1 unspecified atom stereocenters. The van der Waals surface area contributed by atoms with Crippen molar-refractivity contribution in [3.05, 3.63) is 90.0 Å². The molecule has 0 aliphatic heterocycles. The lowest BCUT2D eigenvalue weighted by atomic mass is 10.0. The van der Waals surface area contributed by atoms with Crippen molar-refractivity contribution in [2.45, 2.75) is 6.10 Å². The van der Waals surface area contributed by atoms with Gasteiger partial charge >= 0.3 is 0 Å². The summed E-state index contributed by atoms with van der Waals surface area (Å²) in [5.41, 5.74) is 1.51. The zero-order valence-electron chi connectivity index (χ0n) is 12.8. The topological polar surface area (TPSA) is 38.7 Å². The van der Waals surface area contributed by atoms with E-state index in [-0.39, 0.29) is 0 Å². The standard InChI is InChI=1S/C20H18O3/c1-22-17-12-13-18(20(21)15-8-4-2-5-9-15)19(14-17)23-16-10-6-3-7-11-16/h2-14,20-21H,1H3. The number of aliphatic hydroxyl groups is 1. The minimum Gasteiger partial charge on any atom is -0.497 e. The molecule has 116 valence electrons. The molecule has 0 saturated carbocycles. The summed E-state index contributed by atoms with van der Waals surface area (Å²) in [6.07, 6.45) is -0.763. The number of ether oxygens (including phenoxy) is 2. The Labute approximate surface area is 135 Å². The van der Waals surface area contributed by atoms with Crippen LogP contribution in [0.5, 0.6) is 17.2 Å². The third kappa shape index (κ3) is 3.52. The average molecular weight is 306 g/mol. The number of rotatable bonds is 5. The Kier molecular flexibility index (Phi) is 4.60. The van der Waals surface area contributed by atoms with Gasteiger partial charge in [-0.05, 0) is 29.8 Å². The monoisotopic (exact) mass is 306 g/mol. The first kappa shape index (κ1) is 15.1. The molecule has 1 atom stereocenters. The molecule has 0 amide bonds. The maximum absolute atomic E-state index is 10.7. The first-order valence-electron chi connectivity index (χ1n) is 7.42. The third-order valence-electron chi connectivity index (χ3n) is 3.60. The first-order chi connectivity index (χ1) is 11.3. The fourth-order valence-corrected chi connectivity index (χ4v) is 2.39. The maximum Gasteiger partial charge on any atom is 0.137 e. The van der Waals surface area contributed by atoms with Crippen LogP contribution in [0, 0.1) is 0 Å². The number of benzene rings is 3. The van der Waals surface area contributed by atoms with Crippen molar-refractivity contribution in [1.29, 1.82) is 0 Å². The van der Waals surface area contributed by atoms with Crippen molar-refractivity contribution in [2.75, 3.05) is 7.11 Å². The van der Waals surface area contributed by atoms with E-state index in [1.54, 1.807) is 13.2 Å². The van der Waals surface area contributed by atoms with Gasteiger partial charge in [0, 0.05) is 11.6 Å². The van der Waals surface area contributed by atoms with Crippen molar-refractivity contribution in [1.82, 2.24) is 0 Å². The molecule has 0 aliphatic carbocycles. The summed E-state index contributed by atoms with van der Waals surface area (Å²) < 4.78 is 11.2. The lowest BCUT2D eigenvalue weighted by Crippen LogP contribution is -2.02. The van der Waals surface area contributed by atoms with E-state index in [4.69, 9.17) is 9.47 Å². The number of hydrogen-bond donors (Lipinski definition) is 1. The van der Waals surface area contributed by atoms with Gasteiger partial charge in [0.1, 0.15) is 23.4 Å². The Balaban J connectivity index is 1.99. The van der Waals surface area contributed by atoms with Gasteiger partial charge in [-0.15, -0.1) is 0 Å². The van der Waals surface area contributed by atoms with Gasteiger partial charge in [-0.3, -0.25) is 0 Å². The summed E-state index contributed by atoms with van der Waals surface area (Å²) in [5, 5.41) is 10.7. The molecule has 0 heterocycles. The maximum atomic E-state index is 10.7. The van der Waals surface area contributed by atoms with Crippen LogP contribution in [0.4, 0.5) is 0 Å². The van der Waals surface area contributed by atoms with Gasteiger partial charge in [0.25, 0.3) is 0 Å². The molecule has 3 nitrogen and oxygen atoms in total. The molecule has 0 aromatic heterocycles. The Morgan fingerprint density at radius 2 is 1.43 bits per heavy atom. The molecule has 1 N–H and O–H groups in total. The van der Waals surface area contributed by atoms with E-state index in [0.717, 1.165) is 5.56 Å². The molecular formula is C20H18O3. The highest BCUT2D eigenvalue weighted by Gasteiger charge is 2.17. The number of hydrogen-bond acceptors (Lipinski definition) is 3. The highest BCUT2D eigenvalue weighted by Crippen LogP contribution is 2.35. The van der Waals surface area contributed by atoms with Gasteiger partial charge in [0.15, 0.2) is 0 Å². The third-order valence-corrected chi connectivity index (χ3v) is 3.60. The molecular weight excluding hydrogens is 288 g/mol. The average Bonchev–Trinajstić information content (AvgIpc) is 2.62. The van der Waals surface area contributed by atoms with Gasteiger partial charge in [0.05, 0.1) is 7.11 Å². The predicted octanol–water partition coefficient (Wildman–Crippen LogP) is 4.57. The van der Waals surface area contributed by atoms with E-state index in [1.807, 2.05) is 72.8 Å². The van der Waals surface area contributed by atoms with Crippen LogP contribution in [0.3, 0.4) is 0 Å². The van der Waals surface area contributed by atoms with Gasteiger partial charge in [-0.25, -0.2) is 0 Å². The summed E-state index contributed by atoms with van der Waals surface area (Å²) >= 11 is 0. The van der Waals surface area contributed by atoms with Gasteiger partial charge in [-0.1, -0.05) is 48.5 Å². The summed E-state index contributed by atoms with van der Waals surface area (Å²) in [6, 6.07) is 24.4. The fraction of sp³-hybridized carbons (Fsp3) is 0.100. The van der Waals surface area contributed by atoms with Gasteiger partial charge in [-0.2, -0.15) is 0 Å². The van der Waals surface area contributed by atoms with Crippen molar-refractivity contribution in [3.63, 3.8) is 0 Å². The zero-order chi connectivity index (χ0) is 16.1. The van der Waals surface area contributed by atoms with Crippen LogP contribution in [0.2, 0.25) is 0 Å². The molecule has 3 rings (SSSR count). The van der Waals surface area contributed by atoms with Crippen LogP contribution in [0.15, 0.2) is 78.9 Å². The highest BCUT2D eigenvalue weighted by molar-refractivity contribution is 5.47. The van der Waals surface area contributed by atoms with Gasteiger partial charge in [0.2, 0.25) is 0 Å². The molecule has 0 bridgehead atoms. The first-order valence-corrected chi connectivity index (χ1v) is 7.42. The molecule has 3 aromatic rings. The molecule has 0 aliphatic rings. The molecule has 0 radical (unpaired) electrons. The second-order valence-corrected chi connectivity index (χ2v) is 5.13. The summed E-state index contributed by atoms with van der Waals surface area (Å²) in [7, 11) is 1.61. The number of methoxy groups -OCH3 is 1. The van der Waals surface area contributed by atoms with Crippen LogP contribution in [0.1, 0.15) is 17.2 Å². The second kappa shape index (κ2) is 6.99. The van der Waals surface area contributed by atoms with Crippen LogP contribution in [0.25, 0.3) is 0 Å². The summed E-state index contributed by atoms with van der Waals surface area (Å²) in [6.45, 7) is 0. The van der Waals surface area contributed by atoms with E-state index in [0.29, 0.717) is 22.8 Å². The van der Waals surface area contributed by atoms with Crippen LogP contribution >= 0.6 is 0 Å².